The summed E-state index contributed by atoms with van der Waals surface area (Å²) in [5.41, 5.74) is 0. The zero-order valence-corrected chi connectivity index (χ0v) is 7.50. The second-order valence-corrected chi connectivity index (χ2v) is 1.54. The normalized spacial score (nSPS) is 8.12. The van der Waals surface area contributed by atoms with Gasteiger partial charge in [0.25, 0.3) is 0 Å². The van der Waals surface area contributed by atoms with Gasteiger partial charge in [0.15, 0.2) is 0 Å². The average Bonchev–Trinajstić information content (AvgIpc) is 1.36. The summed E-state index contributed by atoms with van der Waals surface area (Å²) in [5, 5.41) is 8.25. The monoisotopic (exact) mass is 152 g/mol. The molecule has 0 aromatic rings. The Hall–Kier alpha value is 1.07. The van der Waals surface area contributed by atoms with E-state index in [9.17, 15) is 0 Å². The van der Waals surface area contributed by atoms with Crippen molar-refractivity contribution < 1.29 is 53.9 Å². The Balaban J connectivity index is -0.0000000750. The van der Waals surface area contributed by atoms with E-state index in [1.807, 2.05) is 0 Å². The predicted octanol–water partition coefficient (Wildman–Crippen LogP) is -4.95. The molecule has 0 saturated heterocycles. The first-order chi connectivity index (χ1) is 3.00. The molecule has 0 bridgehead atoms. The maximum atomic E-state index is 8.88. The summed E-state index contributed by atoms with van der Waals surface area (Å²) in [4.78, 5) is 21.6. The molecule has 8 heavy (non-hydrogen) atoms. The second-order valence-electron chi connectivity index (χ2n) is 0.513. The molecule has 0 amide bonds. The van der Waals surface area contributed by atoms with E-state index in [-0.39, 0.29) is 29.6 Å². The number of hydrogen-bond donors (Lipinski definition) is 3. The summed E-state index contributed by atoms with van der Waals surface area (Å²) in [6.07, 6.45) is 0. The van der Waals surface area contributed by atoms with Crippen LogP contribution in [0.4, 0.5) is 0 Å². The van der Waals surface area contributed by atoms with Crippen LogP contribution in [0.15, 0.2) is 0 Å². The smallest absolute Gasteiger partial charge is 0.857 e. The third-order valence-corrected chi connectivity index (χ3v) is 0. The van der Waals surface area contributed by atoms with Gasteiger partial charge in [0.2, 0.25) is 0 Å². The van der Waals surface area contributed by atoms with Crippen molar-refractivity contribution in [1.82, 2.24) is 0 Å². The third-order valence-electron chi connectivity index (χ3n) is 0. The molecule has 0 radical (unpaired) electrons. The van der Waals surface area contributed by atoms with Crippen molar-refractivity contribution in [2.45, 2.75) is 0 Å². The Labute approximate surface area is 68.9 Å². The Bertz CT molecular complexity index is 58.6. The van der Waals surface area contributed by atoms with Gasteiger partial charge in [-0.3, -0.25) is 0 Å². The number of hydrogen-bond acceptors (Lipinski definition) is 2. The van der Waals surface area contributed by atoms with Crippen LogP contribution in [0, 0.1) is 0 Å². The molecule has 0 atom stereocenters. The van der Waals surface area contributed by atoms with Gasteiger partial charge < -0.3 is 19.8 Å². The van der Waals surface area contributed by atoms with Crippen molar-refractivity contribution in [2.24, 2.45) is 0 Å². The fourth-order valence-electron chi connectivity index (χ4n) is 0. The summed E-state index contributed by atoms with van der Waals surface area (Å²) in [6, 6.07) is 0. The first-order valence-corrected chi connectivity index (χ1v) is 2.76. The van der Waals surface area contributed by atoms with Crippen LogP contribution in [0.25, 0.3) is 0 Å². The number of phosphoric acid groups is 1. The number of rotatable bonds is 0. The van der Waals surface area contributed by atoms with Crippen molar-refractivity contribution >= 4 is 7.82 Å². The minimum Gasteiger partial charge on any atom is -0.857 e. The Morgan fingerprint density at radius 1 is 1.25 bits per heavy atom. The predicted molar refractivity (Wildman–Crippen MR) is 20.2 cm³/mol. The molecule has 0 aliphatic carbocycles. The summed E-state index contributed by atoms with van der Waals surface area (Å²) < 4.78 is 8.88. The van der Waals surface area contributed by atoms with Gasteiger partial charge in [-0.2, -0.15) is 7.11 Å². The van der Waals surface area contributed by atoms with E-state index in [1.54, 1.807) is 0 Å². The van der Waals surface area contributed by atoms with Gasteiger partial charge in [-0.25, -0.2) is 4.57 Å². The molecule has 0 aliphatic rings. The summed E-state index contributed by atoms with van der Waals surface area (Å²) in [7, 11) is -3.89. The summed E-state index contributed by atoms with van der Waals surface area (Å²) in [5.74, 6) is 0. The van der Waals surface area contributed by atoms with Crippen LogP contribution < -0.4 is 34.7 Å². The van der Waals surface area contributed by atoms with Gasteiger partial charge in [-0.1, -0.05) is 0 Å². The van der Waals surface area contributed by atoms with Gasteiger partial charge in [-0.15, -0.1) is 0 Å². The summed E-state index contributed by atoms with van der Waals surface area (Å²) in [6.45, 7) is 0. The molecule has 5 nitrogen and oxygen atoms in total. The zero-order chi connectivity index (χ0) is 6.50. The molecule has 0 heterocycles. The van der Waals surface area contributed by atoms with E-state index in [0.29, 0.717) is 0 Å². The Morgan fingerprint density at radius 2 is 1.25 bits per heavy atom. The molecule has 3 N–H and O–H groups in total. The van der Waals surface area contributed by atoms with Crippen LogP contribution in [0.3, 0.4) is 0 Å². The molecule has 0 unspecified atom stereocenters. The standard InChI is InChI=1S/CH3O.Na.H3O4P/c1-2;;1-5(2,3)4/h1H3;;(H3,1,2,3,4)/q-1;+1;. The Morgan fingerprint density at radius 3 is 1.25 bits per heavy atom. The fraction of sp³-hybridized carbons (Fsp3) is 1.00. The van der Waals surface area contributed by atoms with E-state index >= 15 is 0 Å². The Kier molecular flexibility index (Phi) is 16.2. The fourth-order valence-corrected chi connectivity index (χ4v) is 0. The van der Waals surface area contributed by atoms with Crippen molar-refractivity contribution in [2.75, 3.05) is 7.11 Å². The molecule has 0 fully saturated rings. The van der Waals surface area contributed by atoms with Gasteiger partial charge >= 0.3 is 37.4 Å². The van der Waals surface area contributed by atoms with Crippen molar-refractivity contribution in [3.63, 3.8) is 0 Å². The van der Waals surface area contributed by atoms with Crippen LogP contribution in [0.1, 0.15) is 0 Å². The van der Waals surface area contributed by atoms with Crippen LogP contribution in [-0.2, 0) is 4.57 Å². The van der Waals surface area contributed by atoms with E-state index < -0.39 is 7.82 Å². The first-order valence-electron chi connectivity index (χ1n) is 1.19. The molecule has 46 valence electrons. The molecule has 7 heteroatoms. The van der Waals surface area contributed by atoms with Crippen LogP contribution in [-0.4, -0.2) is 21.8 Å². The molecule has 0 aliphatic heterocycles. The second kappa shape index (κ2) is 8.07. The van der Waals surface area contributed by atoms with E-state index in [0.717, 1.165) is 7.11 Å². The molecular weight excluding hydrogens is 146 g/mol. The minimum atomic E-state index is -4.64. The van der Waals surface area contributed by atoms with Gasteiger partial charge in [0.05, 0.1) is 0 Å². The van der Waals surface area contributed by atoms with E-state index in [4.69, 9.17) is 24.4 Å². The molecule has 0 saturated carbocycles. The maximum absolute atomic E-state index is 8.88. The third kappa shape index (κ3) is 228. The van der Waals surface area contributed by atoms with Crippen LogP contribution >= 0.6 is 7.82 Å². The molecule has 0 spiro atoms. The minimum absolute atomic E-state index is 0. The van der Waals surface area contributed by atoms with Gasteiger partial charge in [0, 0.05) is 0 Å². The SMILES string of the molecule is C[O-].O=P(O)(O)O.[Na+]. The van der Waals surface area contributed by atoms with Crippen LogP contribution in [0.5, 0.6) is 0 Å². The van der Waals surface area contributed by atoms with Crippen molar-refractivity contribution in [3.05, 3.63) is 0 Å². The molecule has 0 rings (SSSR count). The molecular formula is CH6NaO5P. The average molecular weight is 152 g/mol. The quantitative estimate of drug-likeness (QED) is 0.238. The topological polar surface area (TPSA) is 101 Å². The van der Waals surface area contributed by atoms with E-state index in [2.05, 4.69) is 0 Å². The van der Waals surface area contributed by atoms with E-state index in [1.165, 1.54) is 0 Å². The largest absolute Gasteiger partial charge is 1.00 e. The van der Waals surface area contributed by atoms with Gasteiger partial charge in [-0.05, 0) is 0 Å². The van der Waals surface area contributed by atoms with Crippen molar-refractivity contribution in [3.8, 4) is 0 Å². The van der Waals surface area contributed by atoms with Gasteiger partial charge in [0.1, 0.15) is 0 Å². The first kappa shape index (κ1) is 16.0. The molecule has 0 aromatic carbocycles. The zero-order valence-electron chi connectivity index (χ0n) is 4.61. The summed E-state index contributed by atoms with van der Waals surface area (Å²) >= 11 is 0. The molecule has 0 aromatic heterocycles. The maximum Gasteiger partial charge on any atom is 1.00 e. The van der Waals surface area contributed by atoms with Crippen LogP contribution in [0.2, 0.25) is 0 Å². The van der Waals surface area contributed by atoms with Crippen molar-refractivity contribution in [1.29, 1.82) is 0 Å².